The van der Waals surface area contributed by atoms with E-state index in [2.05, 4.69) is 18.3 Å². The standard InChI is InChI=1S/C15H21N3OS/c1-3-4-12(17)14(19)18-15-11(8-16)10-6-5-9(2)7-13(10)20-15/h9,12H,3-7,17H2,1-2H3,(H,18,19)/t9?,12-/m0/s1. The first-order chi connectivity index (χ1) is 9.56. The summed E-state index contributed by atoms with van der Waals surface area (Å²) in [6, 6.07) is 1.75. The molecule has 2 rings (SSSR count). The van der Waals surface area contributed by atoms with Crippen molar-refractivity contribution in [3.05, 3.63) is 16.0 Å². The second-order valence-corrected chi connectivity index (χ2v) is 6.66. The lowest BCUT2D eigenvalue weighted by molar-refractivity contribution is -0.117. The van der Waals surface area contributed by atoms with Gasteiger partial charge in [0, 0.05) is 4.88 Å². The number of nitrogens with two attached hydrogens (primary N) is 1. The average Bonchev–Trinajstić information content (AvgIpc) is 2.74. The molecule has 3 N–H and O–H groups in total. The van der Waals surface area contributed by atoms with E-state index in [1.807, 2.05) is 6.92 Å². The van der Waals surface area contributed by atoms with Crippen molar-refractivity contribution < 1.29 is 4.79 Å². The van der Waals surface area contributed by atoms with Crippen molar-refractivity contribution in [2.75, 3.05) is 5.32 Å². The highest BCUT2D eigenvalue weighted by Gasteiger charge is 2.25. The summed E-state index contributed by atoms with van der Waals surface area (Å²) in [5.74, 6) is 0.466. The molecule has 0 fully saturated rings. The predicted molar refractivity (Wildman–Crippen MR) is 81.7 cm³/mol. The van der Waals surface area contributed by atoms with Crippen molar-refractivity contribution in [2.24, 2.45) is 11.7 Å². The molecule has 0 radical (unpaired) electrons. The molecule has 1 heterocycles. The lowest BCUT2D eigenvalue weighted by Crippen LogP contribution is -2.35. The summed E-state index contributed by atoms with van der Waals surface area (Å²) in [6.07, 6.45) is 4.59. The summed E-state index contributed by atoms with van der Waals surface area (Å²) in [6.45, 7) is 4.23. The number of thiophene rings is 1. The van der Waals surface area contributed by atoms with Crippen molar-refractivity contribution in [2.45, 2.75) is 52.0 Å². The zero-order valence-electron chi connectivity index (χ0n) is 12.0. The van der Waals surface area contributed by atoms with Crippen LogP contribution >= 0.6 is 11.3 Å². The van der Waals surface area contributed by atoms with Gasteiger partial charge in [-0.05, 0) is 37.2 Å². The van der Waals surface area contributed by atoms with Gasteiger partial charge in [-0.1, -0.05) is 20.3 Å². The molecule has 1 aromatic rings. The Morgan fingerprint density at radius 3 is 3.05 bits per heavy atom. The van der Waals surface area contributed by atoms with Gasteiger partial charge in [0.15, 0.2) is 0 Å². The lowest BCUT2D eigenvalue weighted by atomic mass is 9.88. The van der Waals surface area contributed by atoms with Crippen LogP contribution in [0.1, 0.15) is 49.1 Å². The molecule has 2 atom stereocenters. The van der Waals surface area contributed by atoms with Crippen molar-refractivity contribution in [1.82, 2.24) is 0 Å². The number of carbonyl (C=O) groups is 1. The number of amides is 1. The second kappa shape index (κ2) is 6.38. The maximum absolute atomic E-state index is 12.0. The molecule has 1 amide bonds. The smallest absolute Gasteiger partial charge is 0.241 e. The molecule has 1 aromatic heterocycles. The second-order valence-electron chi connectivity index (χ2n) is 5.55. The molecular weight excluding hydrogens is 270 g/mol. The molecule has 1 aliphatic rings. The number of hydrogen-bond acceptors (Lipinski definition) is 4. The van der Waals surface area contributed by atoms with Gasteiger partial charge >= 0.3 is 0 Å². The van der Waals surface area contributed by atoms with Crippen molar-refractivity contribution in [3.63, 3.8) is 0 Å². The number of hydrogen-bond donors (Lipinski definition) is 2. The first-order valence-corrected chi connectivity index (χ1v) is 7.99. The van der Waals surface area contributed by atoms with Crippen LogP contribution in [-0.2, 0) is 17.6 Å². The molecule has 0 spiro atoms. The Kier molecular flexibility index (Phi) is 4.79. The molecular formula is C15H21N3OS. The maximum atomic E-state index is 12.0. The summed E-state index contributed by atoms with van der Waals surface area (Å²) in [7, 11) is 0. The van der Waals surface area contributed by atoms with E-state index in [4.69, 9.17) is 5.73 Å². The van der Waals surface area contributed by atoms with Gasteiger partial charge < -0.3 is 11.1 Å². The fraction of sp³-hybridized carbons (Fsp3) is 0.600. The summed E-state index contributed by atoms with van der Waals surface area (Å²) in [5, 5.41) is 12.9. The van der Waals surface area contributed by atoms with Gasteiger partial charge in [-0.3, -0.25) is 4.79 Å². The highest BCUT2D eigenvalue weighted by atomic mass is 32.1. The van der Waals surface area contributed by atoms with Crippen LogP contribution in [-0.4, -0.2) is 11.9 Å². The van der Waals surface area contributed by atoms with E-state index >= 15 is 0 Å². The van der Waals surface area contributed by atoms with E-state index in [1.54, 1.807) is 11.3 Å². The van der Waals surface area contributed by atoms with Gasteiger partial charge in [0.25, 0.3) is 0 Å². The van der Waals surface area contributed by atoms with Crippen LogP contribution in [0.3, 0.4) is 0 Å². The number of carbonyl (C=O) groups excluding carboxylic acids is 1. The van der Waals surface area contributed by atoms with Crippen LogP contribution < -0.4 is 11.1 Å². The average molecular weight is 291 g/mol. The molecule has 4 nitrogen and oxygen atoms in total. The van der Waals surface area contributed by atoms with Crippen LogP contribution in [0.4, 0.5) is 5.00 Å². The molecule has 0 saturated carbocycles. The zero-order valence-corrected chi connectivity index (χ0v) is 12.8. The number of nitriles is 1. The normalized spacial score (nSPS) is 19.0. The Balaban J connectivity index is 2.21. The Bertz CT molecular complexity index is 544. The van der Waals surface area contributed by atoms with Crippen LogP contribution in [0.25, 0.3) is 0 Å². The maximum Gasteiger partial charge on any atom is 0.241 e. The Labute approximate surface area is 124 Å². The van der Waals surface area contributed by atoms with E-state index in [0.717, 1.165) is 31.2 Å². The first-order valence-electron chi connectivity index (χ1n) is 7.17. The van der Waals surface area contributed by atoms with Crippen LogP contribution in [0.2, 0.25) is 0 Å². The minimum atomic E-state index is -0.496. The quantitative estimate of drug-likeness (QED) is 0.895. The Morgan fingerprint density at radius 2 is 2.40 bits per heavy atom. The van der Waals surface area contributed by atoms with Gasteiger partial charge in [0.05, 0.1) is 11.6 Å². The number of nitrogens with one attached hydrogen (secondary N) is 1. The monoisotopic (exact) mass is 291 g/mol. The highest BCUT2D eigenvalue weighted by Crippen LogP contribution is 2.39. The molecule has 108 valence electrons. The van der Waals surface area contributed by atoms with Gasteiger partial charge in [0.1, 0.15) is 11.1 Å². The molecule has 0 aliphatic heterocycles. The summed E-state index contributed by atoms with van der Waals surface area (Å²) in [5.41, 5.74) is 7.60. The third kappa shape index (κ3) is 3.02. The number of fused-ring (bicyclic) bond motifs is 1. The largest absolute Gasteiger partial charge is 0.320 e. The third-order valence-corrected chi connectivity index (χ3v) is 4.97. The van der Waals surface area contributed by atoms with Crippen LogP contribution in [0.15, 0.2) is 0 Å². The van der Waals surface area contributed by atoms with E-state index in [1.165, 1.54) is 4.88 Å². The number of anilines is 1. The third-order valence-electron chi connectivity index (χ3n) is 3.80. The Morgan fingerprint density at radius 1 is 1.65 bits per heavy atom. The van der Waals surface area contributed by atoms with E-state index < -0.39 is 6.04 Å². The highest BCUT2D eigenvalue weighted by molar-refractivity contribution is 7.16. The van der Waals surface area contributed by atoms with Gasteiger partial charge in [-0.2, -0.15) is 5.26 Å². The minimum Gasteiger partial charge on any atom is -0.320 e. The van der Waals surface area contributed by atoms with Crippen LogP contribution in [0.5, 0.6) is 0 Å². The molecule has 1 unspecified atom stereocenters. The fourth-order valence-electron chi connectivity index (χ4n) is 2.60. The zero-order chi connectivity index (χ0) is 14.7. The summed E-state index contributed by atoms with van der Waals surface area (Å²) in [4.78, 5) is 13.3. The van der Waals surface area contributed by atoms with Gasteiger partial charge in [-0.25, -0.2) is 0 Å². The molecule has 5 heteroatoms. The minimum absolute atomic E-state index is 0.185. The van der Waals surface area contributed by atoms with E-state index in [9.17, 15) is 10.1 Å². The Hall–Kier alpha value is -1.38. The van der Waals surface area contributed by atoms with E-state index in [0.29, 0.717) is 22.9 Å². The first kappa shape index (κ1) is 15.0. The SMILES string of the molecule is CCC[C@H](N)C(=O)Nc1sc2c(c1C#N)CCC(C)C2. The summed E-state index contributed by atoms with van der Waals surface area (Å²) < 4.78 is 0. The number of rotatable bonds is 4. The van der Waals surface area contributed by atoms with Crippen molar-refractivity contribution in [1.29, 1.82) is 5.26 Å². The topological polar surface area (TPSA) is 78.9 Å². The molecule has 20 heavy (non-hydrogen) atoms. The molecule has 0 saturated heterocycles. The lowest BCUT2D eigenvalue weighted by Gasteiger charge is -2.17. The molecule has 0 aromatic carbocycles. The van der Waals surface area contributed by atoms with Gasteiger partial charge in [-0.15, -0.1) is 11.3 Å². The predicted octanol–water partition coefficient (Wildman–Crippen LogP) is 2.81. The van der Waals surface area contributed by atoms with Crippen molar-refractivity contribution in [3.8, 4) is 6.07 Å². The van der Waals surface area contributed by atoms with E-state index in [-0.39, 0.29) is 5.91 Å². The van der Waals surface area contributed by atoms with Gasteiger partial charge in [0.2, 0.25) is 5.91 Å². The molecule has 0 bridgehead atoms. The van der Waals surface area contributed by atoms with Crippen molar-refractivity contribution >= 4 is 22.2 Å². The molecule has 1 aliphatic carbocycles. The fourth-order valence-corrected chi connectivity index (χ4v) is 3.97. The number of nitrogens with zero attached hydrogens (tertiary/aromatic N) is 1. The van der Waals surface area contributed by atoms with Crippen LogP contribution in [0, 0.1) is 17.2 Å². The summed E-state index contributed by atoms with van der Waals surface area (Å²) >= 11 is 1.54.